The normalized spacial score (nSPS) is 11.9. The molecule has 1 atom stereocenters. The molecule has 0 aliphatic carbocycles. The molecule has 92 valence electrons. The standard InChI is InChI=1S/C14H19BrN2/c1-3-5-6-13(4-2)17-14-9-12(15)8-7-11(14)10-16/h7-9,13,17H,3-6H2,1-2H3. The van der Waals surface area contributed by atoms with E-state index < -0.39 is 0 Å². The number of anilines is 1. The predicted molar refractivity (Wildman–Crippen MR) is 76.1 cm³/mol. The Morgan fingerprint density at radius 3 is 2.76 bits per heavy atom. The molecule has 0 aliphatic rings. The van der Waals surface area contributed by atoms with Crippen LogP contribution in [0.25, 0.3) is 0 Å². The Balaban J connectivity index is 2.78. The molecule has 0 heterocycles. The Morgan fingerprint density at radius 1 is 1.41 bits per heavy atom. The van der Waals surface area contributed by atoms with Gasteiger partial charge in [-0.3, -0.25) is 0 Å². The highest BCUT2D eigenvalue weighted by molar-refractivity contribution is 9.10. The van der Waals surface area contributed by atoms with Crippen LogP contribution in [0.2, 0.25) is 0 Å². The maximum atomic E-state index is 9.07. The van der Waals surface area contributed by atoms with E-state index in [1.54, 1.807) is 0 Å². The lowest BCUT2D eigenvalue weighted by Crippen LogP contribution is -2.18. The summed E-state index contributed by atoms with van der Waals surface area (Å²) < 4.78 is 1.00. The van der Waals surface area contributed by atoms with Gasteiger partial charge in [0.05, 0.1) is 11.3 Å². The first-order valence-electron chi connectivity index (χ1n) is 6.17. The van der Waals surface area contributed by atoms with Crippen molar-refractivity contribution in [1.29, 1.82) is 5.26 Å². The summed E-state index contributed by atoms with van der Waals surface area (Å²) in [6, 6.07) is 8.41. The summed E-state index contributed by atoms with van der Waals surface area (Å²) in [5, 5.41) is 12.5. The summed E-state index contributed by atoms with van der Waals surface area (Å²) in [7, 11) is 0. The van der Waals surface area contributed by atoms with Crippen molar-refractivity contribution in [3.05, 3.63) is 28.2 Å². The van der Waals surface area contributed by atoms with Gasteiger partial charge in [0.15, 0.2) is 0 Å². The van der Waals surface area contributed by atoms with Crippen LogP contribution in [0.15, 0.2) is 22.7 Å². The van der Waals surface area contributed by atoms with Crippen molar-refractivity contribution >= 4 is 21.6 Å². The van der Waals surface area contributed by atoms with Crippen molar-refractivity contribution in [2.45, 2.75) is 45.6 Å². The van der Waals surface area contributed by atoms with Crippen molar-refractivity contribution in [2.24, 2.45) is 0 Å². The molecule has 0 aliphatic heterocycles. The molecule has 0 saturated carbocycles. The lowest BCUT2D eigenvalue weighted by molar-refractivity contribution is 0.593. The average molecular weight is 295 g/mol. The van der Waals surface area contributed by atoms with Crippen LogP contribution in [0.1, 0.15) is 45.1 Å². The van der Waals surface area contributed by atoms with Gasteiger partial charge in [0, 0.05) is 10.5 Å². The van der Waals surface area contributed by atoms with E-state index in [4.69, 9.17) is 5.26 Å². The number of hydrogen-bond acceptors (Lipinski definition) is 2. The molecular formula is C14H19BrN2. The van der Waals surface area contributed by atoms with Gasteiger partial charge in [-0.05, 0) is 31.0 Å². The van der Waals surface area contributed by atoms with Crippen molar-refractivity contribution in [3.8, 4) is 6.07 Å². The van der Waals surface area contributed by atoms with Gasteiger partial charge < -0.3 is 5.32 Å². The Labute approximate surface area is 112 Å². The molecule has 0 amide bonds. The molecule has 1 rings (SSSR count). The van der Waals surface area contributed by atoms with Crippen LogP contribution < -0.4 is 5.32 Å². The number of unbranched alkanes of at least 4 members (excludes halogenated alkanes) is 1. The van der Waals surface area contributed by atoms with E-state index in [1.807, 2.05) is 18.2 Å². The SMILES string of the molecule is CCCCC(CC)Nc1cc(Br)ccc1C#N. The molecule has 3 heteroatoms. The van der Waals surface area contributed by atoms with Gasteiger partial charge in [0.1, 0.15) is 6.07 Å². The van der Waals surface area contributed by atoms with E-state index in [0.29, 0.717) is 11.6 Å². The Hall–Kier alpha value is -1.01. The Bertz CT molecular complexity index is 396. The molecule has 1 N–H and O–H groups in total. The topological polar surface area (TPSA) is 35.8 Å². The number of hydrogen-bond donors (Lipinski definition) is 1. The molecule has 0 fully saturated rings. The molecule has 0 radical (unpaired) electrons. The van der Waals surface area contributed by atoms with Crippen molar-refractivity contribution in [1.82, 2.24) is 0 Å². The molecule has 2 nitrogen and oxygen atoms in total. The van der Waals surface area contributed by atoms with Crippen LogP contribution in [0.5, 0.6) is 0 Å². The Morgan fingerprint density at radius 2 is 2.18 bits per heavy atom. The van der Waals surface area contributed by atoms with Gasteiger partial charge in [-0.25, -0.2) is 0 Å². The van der Waals surface area contributed by atoms with Crippen molar-refractivity contribution in [2.75, 3.05) is 5.32 Å². The highest BCUT2D eigenvalue weighted by Crippen LogP contribution is 2.23. The largest absolute Gasteiger partial charge is 0.381 e. The van der Waals surface area contributed by atoms with Gasteiger partial charge in [-0.15, -0.1) is 0 Å². The van der Waals surface area contributed by atoms with E-state index in [1.165, 1.54) is 12.8 Å². The molecule has 17 heavy (non-hydrogen) atoms. The number of nitriles is 1. The van der Waals surface area contributed by atoms with Crippen LogP contribution in [0.3, 0.4) is 0 Å². The lowest BCUT2D eigenvalue weighted by atomic mass is 10.1. The number of rotatable bonds is 6. The average Bonchev–Trinajstić information content (AvgIpc) is 2.34. The second-order valence-corrected chi connectivity index (χ2v) is 5.11. The summed E-state index contributed by atoms with van der Waals surface area (Å²) in [5.74, 6) is 0. The van der Waals surface area contributed by atoms with Gasteiger partial charge in [-0.2, -0.15) is 5.26 Å². The molecule has 1 unspecified atom stereocenters. The highest BCUT2D eigenvalue weighted by Gasteiger charge is 2.09. The monoisotopic (exact) mass is 294 g/mol. The fraction of sp³-hybridized carbons (Fsp3) is 0.500. The first-order valence-corrected chi connectivity index (χ1v) is 6.96. The maximum Gasteiger partial charge on any atom is 0.101 e. The minimum atomic E-state index is 0.455. The molecular weight excluding hydrogens is 276 g/mol. The third kappa shape index (κ3) is 4.40. The number of nitrogens with zero attached hydrogens (tertiary/aromatic N) is 1. The van der Waals surface area contributed by atoms with Crippen LogP contribution in [0.4, 0.5) is 5.69 Å². The third-order valence-corrected chi connectivity index (χ3v) is 3.35. The predicted octanol–water partition coefficient (Wildman–Crippen LogP) is 4.70. The van der Waals surface area contributed by atoms with Gasteiger partial charge in [0.2, 0.25) is 0 Å². The maximum absolute atomic E-state index is 9.07. The fourth-order valence-corrected chi connectivity index (χ4v) is 2.14. The van der Waals surface area contributed by atoms with Crippen LogP contribution >= 0.6 is 15.9 Å². The smallest absolute Gasteiger partial charge is 0.101 e. The summed E-state index contributed by atoms with van der Waals surface area (Å²) in [5.41, 5.74) is 1.65. The zero-order chi connectivity index (χ0) is 12.7. The summed E-state index contributed by atoms with van der Waals surface area (Å²) in [4.78, 5) is 0. The molecule has 0 aromatic heterocycles. The zero-order valence-electron chi connectivity index (χ0n) is 10.5. The molecule has 1 aromatic rings. The second kappa shape index (κ2) is 7.34. The van der Waals surface area contributed by atoms with E-state index in [2.05, 4.69) is 41.2 Å². The van der Waals surface area contributed by atoms with Gasteiger partial charge >= 0.3 is 0 Å². The first kappa shape index (κ1) is 14.1. The molecule has 0 bridgehead atoms. The minimum Gasteiger partial charge on any atom is -0.381 e. The highest BCUT2D eigenvalue weighted by atomic mass is 79.9. The summed E-state index contributed by atoms with van der Waals surface area (Å²) in [6.07, 6.45) is 4.67. The van der Waals surface area contributed by atoms with Crippen LogP contribution in [0, 0.1) is 11.3 Å². The number of halogens is 1. The number of nitrogens with one attached hydrogen (secondary N) is 1. The zero-order valence-corrected chi connectivity index (χ0v) is 12.0. The fourth-order valence-electron chi connectivity index (χ4n) is 1.78. The third-order valence-electron chi connectivity index (χ3n) is 2.86. The van der Waals surface area contributed by atoms with Crippen molar-refractivity contribution < 1.29 is 0 Å². The van der Waals surface area contributed by atoms with E-state index in [9.17, 15) is 0 Å². The van der Waals surface area contributed by atoms with Gasteiger partial charge in [-0.1, -0.05) is 42.6 Å². The molecule has 0 spiro atoms. The van der Waals surface area contributed by atoms with Gasteiger partial charge in [0.25, 0.3) is 0 Å². The van der Waals surface area contributed by atoms with E-state index >= 15 is 0 Å². The minimum absolute atomic E-state index is 0.455. The molecule has 0 saturated heterocycles. The Kier molecular flexibility index (Phi) is 6.07. The quantitative estimate of drug-likeness (QED) is 0.825. The lowest BCUT2D eigenvalue weighted by Gasteiger charge is -2.19. The van der Waals surface area contributed by atoms with Crippen molar-refractivity contribution in [3.63, 3.8) is 0 Å². The van der Waals surface area contributed by atoms with E-state index in [-0.39, 0.29) is 0 Å². The summed E-state index contributed by atoms with van der Waals surface area (Å²) in [6.45, 7) is 4.38. The van der Waals surface area contributed by atoms with Crippen LogP contribution in [-0.2, 0) is 0 Å². The van der Waals surface area contributed by atoms with Crippen LogP contribution in [-0.4, -0.2) is 6.04 Å². The van der Waals surface area contributed by atoms with E-state index in [0.717, 1.165) is 23.0 Å². The molecule has 1 aromatic carbocycles. The summed E-state index contributed by atoms with van der Waals surface area (Å²) >= 11 is 3.44. The first-order chi connectivity index (χ1) is 8.21. The number of benzene rings is 1. The second-order valence-electron chi connectivity index (χ2n) is 4.19.